The van der Waals surface area contributed by atoms with Gasteiger partial charge in [-0.15, -0.1) is 0 Å². The number of rotatable bonds is 1. The molecule has 0 aliphatic heterocycles. The second-order valence-electron chi connectivity index (χ2n) is 4.49. The lowest BCUT2D eigenvalue weighted by atomic mass is 9.87. The molecular weight excluding hydrogens is 172 g/mol. The van der Waals surface area contributed by atoms with Gasteiger partial charge in [0.05, 0.1) is 5.60 Å². The summed E-state index contributed by atoms with van der Waals surface area (Å²) >= 11 is 0. The van der Waals surface area contributed by atoms with Crippen molar-refractivity contribution in [1.29, 1.82) is 0 Å². The smallest absolute Gasteiger partial charge is 0.0899 e. The SMILES string of the molecule is Cc1cccc(C2(O)CCCC2)c1C. The summed E-state index contributed by atoms with van der Waals surface area (Å²) in [5, 5.41) is 10.5. The molecule has 1 aromatic rings. The third-order valence-electron chi connectivity index (χ3n) is 3.54. The molecule has 1 aliphatic carbocycles. The highest BCUT2D eigenvalue weighted by atomic mass is 16.3. The second kappa shape index (κ2) is 3.39. The van der Waals surface area contributed by atoms with E-state index >= 15 is 0 Å². The predicted octanol–water partition coefficient (Wildman–Crippen LogP) is 3.07. The van der Waals surface area contributed by atoms with Gasteiger partial charge in [0, 0.05) is 0 Å². The summed E-state index contributed by atoms with van der Waals surface area (Å²) in [6.07, 6.45) is 4.17. The summed E-state index contributed by atoms with van der Waals surface area (Å²) in [6, 6.07) is 6.23. The quantitative estimate of drug-likeness (QED) is 0.721. The summed E-state index contributed by atoms with van der Waals surface area (Å²) in [6.45, 7) is 4.22. The molecule has 1 fully saturated rings. The van der Waals surface area contributed by atoms with Crippen LogP contribution >= 0.6 is 0 Å². The van der Waals surface area contributed by atoms with Crippen LogP contribution < -0.4 is 0 Å². The van der Waals surface area contributed by atoms with Gasteiger partial charge in [-0.1, -0.05) is 31.0 Å². The van der Waals surface area contributed by atoms with Crippen molar-refractivity contribution in [2.24, 2.45) is 0 Å². The minimum atomic E-state index is -0.532. The fourth-order valence-corrected chi connectivity index (χ4v) is 2.48. The van der Waals surface area contributed by atoms with E-state index in [1.807, 2.05) is 6.07 Å². The number of benzene rings is 1. The maximum absolute atomic E-state index is 10.5. The van der Waals surface area contributed by atoms with Gasteiger partial charge in [-0.2, -0.15) is 0 Å². The Bertz CT molecular complexity index is 335. The van der Waals surface area contributed by atoms with Crippen molar-refractivity contribution in [2.75, 3.05) is 0 Å². The first-order valence-corrected chi connectivity index (χ1v) is 5.42. The van der Waals surface area contributed by atoms with Crippen LogP contribution in [0.3, 0.4) is 0 Å². The number of hydrogen-bond acceptors (Lipinski definition) is 1. The lowest BCUT2D eigenvalue weighted by Gasteiger charge is -2.25. The van der Waals surface area contributed by atoms with Crippen molar-refractivity contribution in [3.8, 4) is 0 Å². The van der Waals surface area contributed by atoms with E-state index in [9.17, 15) is 5.11 Å². The molecular formula is C13H18O. The molecule has 2 rings (SSSR count). The van der Waals surface area contributed by atoms with E-state index in [1.54, 1.807) is 0 Å². The van der Waals surface area contributed by atoms with Gasteiger partial charge in [0.15, 0.2) is 0 Å². The van der Waals surface area contributed by atoms with E-state index in [-0.39, 0.29) is 0 Å². The van der Waals surface area contributed by atoms with Crippen molar-refractivity contribution in [3.63, 3.8) is 0 Å². The van der Waals surface area contributed by atoms with E-state index in [0.29, 0.717) is 0 Å². The Balaban J connectivity index is 2.45. The number of hydrogen-bond donors (Lipinski definition) is 1. The Hall–Kier alpha value is -0.820. The molecule has 1 nitrogen and oxygen atoms in total. The topological polar surface area (TPSA) is 20.2 Å². The standard InChI is InChI=1S/C13H18O/c1-10-6-5-7-12(11(10)2)13(14)8-3-4-9-13/h5-7,14H,3-4,8-9H2,1-2H3. The van der Waals surface area contributed by atoms with Crippen molar-refractivity contribution in [2.45, 2.75) is 45.1 Å². The molecule has 0 aromatic heterocycles. The molecule has 76 valence electrons. The van der Waals surface area contributed by atoms with Crippen LogP contribution in [-0.2, 0) is 5.60 Å². The van der Waals surface area contributed by atoms with Gasteiger partial charge in [-0.25, -0.2) is 0 Å². The fourth-order valence-electron chi connectivity index (χ4n) is 2.48. The normalized spacial score (nSPS) is 19.9. The Labute approximate surface area is 85.8 Å². The fraction of sp³-hybridized carbons (Fsp3) is 0.538. The van der Waals surface area contributed by atoms with Gasteiger partial charge in [0.25, 0.3) is 0 Å². The summed E-state index contributed by atoms with van der Waals surface area (Å²) < 4.78 is 0. The first-order valence-electron chi connectivity index (χ1n) is 5.42. The average molecular weight is 190 g/mol. The monoisotopic (exact) mass is 190 g/mol. The van der Waals surface area contributed by atoms with Gasteiger partial charge in [-0.3, -0.25) is 0 Å². The van der Waals surface area contributed by atoms with Crippen LogP contribution in [0.25, 0.3) is 0 Å². The Morgan fingerprint density at radius 3 is 2.43 bits per heavy atom. The average Bonchev–Trinajstić information content (AvgIpc) is 2.58. The van der Waals surface area contributed by atoms with Crippen molar-refractivity contribution < 1.29 is 5.11 Å². The molecule has 1 heteroatoms. The lowest BCUT2D eigenvalue weighted by Crippen LogP contribution is -2.22. The summed E-state index contributed by atoms with van der Waals surface area (Å²) in [4.78, 5) is 0. The van der Waals surface area contributed by atoms with Crippen LogP contribution in [0.4, 0.5) is 0 Å². The number of aryl methyl sites for hydroxylation is 1. The van der Waals surface area contributed by atoms with E-state index in [4.69, 9.17) is 0 Å². The van der Waals surface area contributed by atoms with E-state index < -0.39 is 5.60 Å². The van der Waals surface area contributed by atoms with Gasteiger partial charge >= 0.3 is 0 Å². The predicted molar refractivity (Wildman–Crippen MR) is 58.3 cm³/mol. The largest absolute Gasteiger partial charge is 0.385 e. The van der Waals surface area contributed by atoms with Crippen LogP contribution in [0, 0.1) is 13.8 Å². The van der Waals surface area contributed by atoms with Crippen LogP contribution in [0.15, 0.2) is 18.2 Å². The molecule has 0 radical (unpaired) electrons. The first kappa shape index (κ1) is 9.72. The van der Waals surface area contributed by atoms with Gasteiger partial charge in [-0.05, 0) is 43.4 Å². The van der Waals surface area contributed by atoms with E-state index in [2.05, 4.69) is 26.0 Å². The molecule has 1 aliphatic rings. The molecule has 0 saturated heterocycles. The zero-order chi connectivity index (χ0) is 10.2. The highest BCUT2D eigenvalue weighted by Crippen LogP contribution is 2.40. The minimum absolute atomic E-state index is 0.532. The molecule has 0 bridgehead atoms. The maximum Gasteiger partial charge on any atom is 0.0899 e. The second-order valence-corrected chi connectivity index (χ2v) is 4.49. The summed E-state index contributed by atoms with van der Waals surface area (Å²) in [7, 11) is 0. The molecule has 0 atom stereocenters. The van der Waals surface area contributed by atoms with Crippen LogP contribution in [0.5, 0.6) is 0 Å². The zero-order valence-electron chi connectivity index (χ0n) is 9.01. The van der Waals surface area contributed by atoms with Gasteiger partial charge in [0.1, 0.15) is 0 Å². The highest BCUT2D eigenvalue weighted by molar-refractivity contribution is 5.37. The lowest BCUT2D eigenvalue weighted by molar-refractivity contribution is 0.0438. The van der Waals surface area contributed by atoms with Crippen molar-refractivity contribution in [3.05, 3.63) is 34.9 Å². The molecule has 0 unspecified atom stereocenters. The molecule has 0 heterocycles. The van der Waals surface area contributed by atoms with E-state index in [1.165, 1.54) is 11.1 Å². The molecule has 1 N–H and O–H groups in total. The van der Waals surface area contributed by atoms with Gasteiger partial charge in [0.2, 0.25) is 0 Å². The molecule has 14 heavy (non-hydrogen) atoms. The van der Waals surface area contributed by atoms with Crippen LogP contribution in [0.2, 0.25) is 0 Å². The minimum Gasteiger partial charge on any atom is -0.385 e. The molecule has 1 saturated carbocycles. The highest BCUT2D eigenvalue weighted by Gasteiger charge is 2.34. The maximum atomic E-state index is 10.5. The summed E-state index contributed by atoms with van der Waals surface area (Å²) in [5.41, 5.74) is 3.16. The van der Waals surface area contributed by atoms with Crippen LogP contribution in [-0.4, -0.2) is 5.11 Å². The number of aliphatic hydroxyl groups is 1. The van der Waals surface area contributed by atoms with Crippen molar-refractivity contribution >= 4 is 0 Å². The van der Waals surface area contributed by atoms with Crippen molar-refractivity contribution in [1.82, 2.24) is 0 Å². The third kappa shape index (κ3) is 1.46. The summed E-state index contributed by atoms with van der Waals surface area (Å²) in [5.74, 6) is 0. The van der Waals surface area contributed by atoms with Crippen LogP contribution in [0.1, 0.15) is 42.4 Å². The third-order valence-corrected chi connectivity index (χ3v) is 3.54. The Morgan fingerprint density at radius 2 is 1.79 bits per heavy atom. The molecule has 1 aromatic carbocycles. The van der Waals surface area contributed by atoms with Gasteiger partial charge < -0.3 is 5.11 Å². The first-order chi connectivity index (χ1) is 6.63. The Morgan fingerprint density at radius 1 is 1.14 bits per heavy atom. The molecule has 0 amide bonds. The zero-order valence-corrected chi connectivity index (χ0v) is 9.01. The Kier molecular flexibility index (Phi) is 2.36. The van der Waals surface area contributed by atoms with E-state index in [0.717, 1.165) is 31.2 Å². The molecule has 0 spiro atoms.